The quantitative estimate of drug-likeness (QED) is 0.302. The number of amides is 1. The van der Waals surface area contributed by atoms with Crippen molar-refractivity contribution in [2.24, 2.45) is 63.6 Å². The maximum atomic E-state index is 14.6. The summed E-state index contributed by atoms with van der Waals surface area (Å²) in [7, 11) is 0. The molecule has 0 aliphatic heterocycles. The Kier molecular flexibility index (Phi) is 8.11. The number of carbonyl (C=O) groups excluding carboxylic acids is 1. The lowest BCUT2D eigenvalue weighted by Gasteiger charge is -2.58. The number of aliphatic hydroxyl groups is 2. The number of nitrogens with zero attached hydrogens (tertiary/aromatic N) is 1. The zero-order valence-electron chi connectivity index (χ0n) is 30.3. The van der Waals surface area contributed by atoms with Gasteiger partial charge in [-0.3, -0.25) is 0 Å². The highest BCUT2D eigenvalue weighted by molar-refractivity contribution is 5.68. The molecule has 9 aliphatic carbocycles. The van der Waals surface area contributed by atoms with Gasteiger partial charge in [0.25, 0.3) is 0 Å². The van der Waals surface area contributed by atoms with Crippen molar-refractivity contribution in [2.75, 3.05) is 13.1 Å². The molecule has 0 aromatic rings. The van der Waals surface area contributed by atoms with Crippen LogP contribution in [0.5, 0.6) is 0 Å². The van der Waals surface area contributed by atoms with Gasteiger partial charge in [-0.2, -0.15) is 0 Å². The van der Waals surface area contributed by atoms with Crippen molar-refractivity contribution in [3.05, 3.63) is 23.3 Å². The second-order valence-corrected chi connectivity index (χ2v) is 19.8. The lowest BCUT2D eigenvalue weighted by atomic mass is 9.49. The summed E-state index contributed by atoms with van der Waals surface area (Å²) in [5.41, 5.74) is 2.13. The van der Waals surface area contributed by atoms with Crippen molar-refractivity contribution in [3.63, 3.8) is 0 Å². The minimum Gasteiger partial charge on any atom is -0.446 e. The molecule has 8 fully saturated rings. The number of hydrogen-bond donors (Lipinski definition) is 2. The van der Waals surface area contributed by atoms with Gasteiger partial charge in [0.1, 0.15) is 6.10 Å². The number of aliphatic hydroxyl groups excluding tert-OH is 1. The number of ether oxygens (including phenoxy) is 1. The van der Waals surface area contributed by atoms with Gasteiger partial charge in [0.15, 0.2) is 0 Å². The average Bonchev–Trinajstić information content (AvgIpc) is 3.26. The Labute approximate surface area is 285 Å². The Balaban J connectivity index is 1.08. The molecule has 0 aromatic heterocycles. The van der Waals surface area contributed by atoms with E-state index >= 15 is 0 Å². The number of carbonyl (C=O) groups is 1. The summed E-state index contributed by atoms with van der Waals surface area (Å²) in [6.07, 6.45) is 22.2. The van der Waals surface area contributed by atoms with E-state index in [9.17, 15) is 15.0 Å². The van der Waals surface area contributed by atoms with Crippen LogP contribution in [0.15, 0.2) is 23.3 Å². The molecule has 9 rings (SSSR count). The van der Waals surface area contributed by atoms with E-state index in [0.29, 0.717) is 36.1 Å². The summed E-state index contributed by atoms with van der Waals surface area (Å²) in [5.74, 6) is 4.83. The minimum atomic E-state index is -0.921. The van der Waals surface area contributed by atoms with Gasteiger partial charge < -0.3 is 19.8 Å². The molecule has 0 saturated heterocycles. The van der Waals surface area contributed by atoms with Gasteiger partial charge in [-0.05, 0) is 154 Å². The van der Waals surface area contributed by atoms with E-state index < -0.39 is 5.60 Å². The van der Waals surface area contributed by atoms with Crippen LogP contribution in [0.3, 0.4) is 0 Å². The number of hydrogen-bond acceptors (Lipinski definition) is 4. The molecule has 9 atom stereocenters. The van der Waals surface area contributed by atoms with Crippen molar-refractivity contribution in [3.8, 4) is 0 Å². The summed E-state index contributed by atoms with van der Waals surface area (Å²) in [6, 6.07) is 0. The molecule has 262 valence electrons. The monoisotopic (exact) mass is 647 g/mol. The van der Waals surface area contributed by atoms with Crippen LogP contribution in [0.2, 0.25) is 0 Å². The number of fused-ring (bicyclic) bond motifs is 5. The molecule has 9 aliphatic rings. The van der Waals surface area contributed by atoms with Gasteiger partial charge >= 0.3 is 6.09 Å². The van der Waals surface area contributed by atoms with E-state index in [2.05, 4.69) is 51.7 Å². The number of allylic oxidation sites excluding steroid dienone is 3. The molecule has 0 radical (unpaired) electrons. The van der Waals surface area contributed by atoms with Crippen molar-refractivity contribution in [1.29, 1.82) is 0 Å². The molecule has 5 nitrogen and oxygen atoms in total. The highest BCUT2D eigenvalue weighted by atomic mass is 16.6. The molecule has 8 saturated carbocycles. The third-order valence-electron chi connectivity index (χ3n) is 16.5. The van der Waals surface area contributed by atoms with Crippen LogP contribution in [0.1, 0.15) is 137 Å². The fourth-order valence-corrected chi connectivity index (χ4v) is 14.2. The molecule has 0 heterocycles. The first-order chi connectivity index (χ1) is 22.3. The maximum absolute atomic E-state index is 14.6. The molecule has 0 spiro atoms. The van der Waals surface area contributed by atoms with E-state index in [0.717, 1.165) is 82.1 Å². The van der Waals surface area contributed by atoms with E-state index in [1.165, 1.54) is 50.5 Å². The third kappa shape index (κ3) is 5.40. The van der Waals surface area contributed by atoms with E-state index in [4.69, 9.17) is 4.74 Å². The SMILES string of the molecule is CC(C)[C@H]1CC[C@H](C)C[C@@H]1OC(=O)N(CC12CC3CC(CC(C3)C1)C2)C[C@]1(O)CC[C@H]2C3=CC=C4C[C@@H](O)CC[C@]4(C)[C@H]3CC[C@@]21C. The number of rotatable bonds is 6. The van der Waals surface area contributed by atoms with Crippen LogP contribution in [0, 0.1) is 63.6 Å². The predicted molar refractivity (Wildman–Crippen MR) is 186 cm³/mol. The van der Waals surface area contributed by atoms with Gasteiger partial charge in [0.05, 0.1) is 18.2 Å². The van der Waals surface area contributed by atoms with Gasteiger partial charge in [-0.1, -0.05) is 64.3 Å². The van der Waals surface area contributed by atoms with E-state index in [1.807, 2.05) is 0 Å². The Hall–Kier alpha value is -1.33. The lowest BCUT2D eigenvalue weighted by molar-refractivity contribution is -0.118. The lowest BCUT2D eigenvalue weighted by Crippen LogP contribution is -2.59. The molecule has 1 amide bonds. The zero-order valence-corrected chi connectivity index (χ0v) is 30.3. The van der Waals surface area contributed by atoms with Crippen molar-refractivity contribution in [1.82, 2.24) is 4.90 Å². The summed E-state index contributed by atoms with van der Waals surface area (Å²) in [4.78, 5) is 16.7. The van der Waals surface area contributed by atoms with Gasteiger partial charge in [0.2, 0.25) is 0 Å². The second kappa shape index (κ2) is 11.6. The van der Waals surface area contributed by atoms with Crippen LogP contribution < -0.4 is 0 Å². The van der Waals surface area contributed by atoms with Crippen molar-refractivity contribution < 1.29 is 19.7 Å². The summed E-state index contributed by atoms with van der Waals surface area (Å²) in [6.45, 7) is 12.9. The maximum Gasteiger partial charge on any atom is 0.410 e. The Morgan fingerprint density at radius 3 is 2.26 bits per heavy atom. The van der Waals surface area contributed by atoms with E-state index in [1.54, 1.807) is 5.57 Å². The van der Waals surface area contributed by atoms with Crippen LogP contribution >= 0.6 is 0 Å². The van der Waals surface area contributed by atoms with Crippen LogP contribution in [0.4, 0.5) is 4.79 Å². The van der Waals surface area contributed by atoms with Crippen LogP contribution in [-0.2, 0) is 4.74 Å². The van der Waals surface area contributed by atoms with E-state index in [-0.39, 0.29) is 34.5 Å². The fourth-order valence-electron chi connectivity index (χ4n) is 14.2. The molecule has 5 heteroatoms. The second-order valence-electron chi connectivity index (χ2n) is 19.8. The normalized spacial score (nSPS) is 49.9. The Morgan fingerprint density at radius 2 is 1.57 bits per heavy atom. The standard InChI is InChI=1S/C42H65NO4/c1-26(2)33-8-6-27(3)16-37(33)47-38(45)43(24-41-21-28-17-29(22-41)19-30(18-28)23-41)25-42(46)15-12-36-34-9-7-31-20-32(44)10-13-39(31,4)35(34)11-14-40(36,42)5/h7,9,26-30,32-33,35-37,44,46H,6,8,10-25H2,1-5H3/t27-,28?,29?,30?,32-,33+,35-,36-,37-,39-,40-,41?,42+/m0/s1. The zero-order chi connectivity index (χ0) is 32.9. The summed E-state index contributed by atoms with van der Waals surface area (Å²) in [5, 5.41) is 23.4. The third-order valence-corrected chi connectivity index (χ3v) is 16.5. The molecule has 2 N–H and O–H groups in total. The molecule has 47 heavy (non-hydrogen) atoms. The smallest absolute Gasteiger partial charge is 0.410 e. The van der Waals surface area contributed by atoms with Gasteiger partial charge in [0, 0.05) is 12.0 Å². The first kappa shape index (κ1) is 32.9. The molecule has 0 unspecified atom stereocenters. The average molecular weight is 648 g/mol. The minimum absolute atomic E-state index is 0.0229. The highest BCUT2D eigenvalue weighted by Gasteiger charge is 2.63. The summed E-state index contributed by atoms with van der Waals surface area (Å²) >= 11 is 0. The van der Waals surface area contributed by atoms with Crippen molar-refractivity contribution >= 4 is 6.09 Å². The van der Waals surface area contributed by atoms with Crippen LogP contribution in [-0.4, -0.2) is 52.1 Å². The molecule has 4 bridgehead atoms. The van der Waals surface area contributed by atoms with Gasteiger partial charge in [-0.25, -0.2) is 4.79 Å². The summed E-state index contributed by atoms with van der Waals surface area (Å²) < 4.78 is 6.64. The topological polar surface area (TPSA) is 70.0 Å². The Bertz CT molecular complexity index is 1270. The largest absolute Gasteiger partial charge is 0.446 e. The first-order valence-corrected chi connectivity index (χ1v) is 20.1. The highest BCUT2D eigenvalue weighted by Crippen LogP contribution is 2.66. The van der Waals surface area contributed by atoms with Crippen molar-refractivity contribution in [2.45, 2.75) is 155 Å². The van der Waals surface area contributed by atoms with Gasteiger partial charge in [-0.15, -0.1) is 0 Å². The Morgan fingerprint density at radius 1 is 0.894 bits per heavy atom. The molecular formula is C42H65NO4. The molecule has 0 aromatic carbocycles. The first-order valence-electron chi connectivity index (χ1n) is 20.1. The predicted octanol–water partition coefficient (Wildman–Crippen LogP) is 9.08. The van der Waals surface area contributed by atoms with Crippen LogP contribution in [0.25, 0.3) is 0 Å². The molecular weight excluding hydrogens is 582 g/mol. The fraction of sp³-hybridized carbons (Fsp3) is 0.881.